The maximum atomic E-state index is 12.6. The van der Waals surface area contributed by atoms with Crippen LogP contribution in [-0.4, -0.2) is 60.2 Å². The molecule has 6 heteroatoms. The number of rotatable bonds is 5. The van der Waals surface area contributed by atoms with Gasteiger partial charge in [0.1, 0.15) is 0 Å². The van der Waals surface area contributed by atoms with Crippen LogP contribution in [0.2, 0.25) is 0 Å². The first-order chi connectivity index (χ1) is 12.1. The Morgan fingerprint density at radius 2 is 1.92 bits per heavy atom. The van der Waals surface area contributed by atoms with Gasteiger partial charge in [0.25, 0.3) is 5.78 Å². The largest absolute Gasteiger partial charge is 0.343 e. The molecule has 1 aromatic carbocycles. The third-order valence-corrected chi connectivity index (χ3v) is 5.15. The van der Waals surface area contributed by atoms with E-state index in [0.29, 0.717) is 24.5 Å². The van der Waals surface area contributed by atoms with E-state index in [1.54, 1.807) is 23.1 Å². The highest BCUT2D eigenvalue weighted by atomic mass is 16.2. The average molecular weight is 343 g/mol. The number of benzene rings is 1. The average Bonchev–Trinajstić information content (AvgIpc) is 2.88. The second kappa shape index (κ2) is 7.35. The molecule has 0 radical (unpaired) electrons. The van der Waals surface area contributed by atoms with Gasteiger partial charge in [0.2, 0.25) is 5.91 Å². The second-order valence-corrected chi connectivity index (χ2v) is 6.65. The van der Waals surface area contributed by atoms with Crippen LogP contribution in [0.3, 0.4) is 0 Å². The van der Waals surface area contributed by atoms with E-state index in [4.69, 9.17) is 0 Å². The summed E-state index contributed by atoms with van der Waals surface area (Å²) < 4.78 is 0. The van der Waals surface area contributed by atoms with Crippen molar-refractivity contribution in [2.75, 3.05) is 37.7 Å². The van der Waals surface area contributed by atoms with Gasteiger partial charge < -0.3 is 4.90 Å². The highest BCUT2D eigenvalue weighted by Crippen LogP contribution is 2.29. The maximum Gasteiger partial charge on any atom is 0.300 e. The Balaban J connectivity index is 1.70. The molecule has 0 spiro atoms. The number of nitrogens with zero attached hydrogens (tertiary/aromatic N) is 3. The Hall–Kier alpha value is -2.21. The lowest BCUT2D eigenvalue weighted by Crippen LogP contribution is -2.49. The molecular weight excluding hydrogens is 318 g/mol. The summed E-state index contributed by atoms with van der Waals surface area (Å²) in [6.07, 6.45) is 1.81. The standard InChI is InChI=1S/C19H25N3O3/c1-3-21(4-2)18(24)14-8-7-11-20(12-14)13-22-16-10-6-5-9-15(16)17(23)19(22)25/h5-6,9-10,14H,3-4,7-8,11-13H2,1-2H3/t14-/m1/s1. The van der Waals surface area contributed by atoms with Crippen LogP contribution >= 0.6 is 0 Å². The summed E-state index contributed by atoms with van der Waals surface area (Å²) in [6, 6.07) is 7.10. The molecule has 2 aliphatic rings. The van der Waals surface area contributed by atoms with Crippen molar-refractivity contribution in [2.45, 2.75) is 26.7 Å². The first kappa shape index (κ1) is 17.6. The molecule has 6 nitrogen and oxygen atoms in total. The first-order valence-corrected chi connectivity index (χ1v) is 9.03. The number of fused-ring (bicyclic) bond motifs is 1. The van der Waals surface area contributed by atoms with Gasteiger partial charge in [0.15, 0.2) is 0 Å². The summed E-state index contributed by atoms with van der Waals surface area (Å²) in [5.41, 5.74) is 1.15. The van der Waals surface area contributed by atoms with Gasteiger partial charge in [0.05, 0.1) is 23.8 Å². The fourth-order valence-corrected chi connectivity index (χ4v) is 3.77. The van der Waals surface area contributed by atoms with Crippen molar-refractivity contribution in [3.8, 4) is 0 Å². The SMILES string of the molecule is CCN(CC)C(=O)[C@@H]1CCCN(CN2C(=O)C(=O)c3ccccc32)C1. The Labute approximate surface area is 148 Å². The third kappa shape index (κ3) is 3.31. The van der Waals surface area contributed by atoms with E-state index in [2.05, 4.69) is 4.90 Å². The Morgan fingerprint density at radius 1 is 1.20 bits per heavy atom. The molecule has 134 valence electrons. The van der Waals surface area contributed by atoms with E-state index in [1.807, 2.05) is 24.8 Å². The zero-order chi connectivity index (χ0) is 18.0. The van der Waals surface area contributed by atoms with E-state index in [1.165, 1.54) is 0 Å². The molecule has 1 saturated heterocycles. The molecule has 2 amide bonds. The van der Waals surface area contributed by atoms with Crippen LogP contribution in [-0.2, 0) is 9.59 Å². The maximum absolute atomic E-state index is 12.6. The number of Topliss-reactive ketones (excluding diaryl/α,β-unsaturated/α-hetero) is 1. The summed E-state index contributed by atoms with van der Waals surface area (Å²) in [5, 5.41) is 0. The molecule has 1 atom stereocenters. The Kier molecular flexibility index (Phi) is 5.18. The summed E-state index contributed by atoms with van der Waals surface area (Å²) in [5.74, 6) is -0.752. The van der Waals surface area contributed by atoms with Gasteiger partial charge in [-0.2, -0.15) is 0 Å². The molecule has 2 heterocycles. The van der Waals surface area contributed by atoms with Crippen molar-refractivity contribution in [3.05, 3.63) is 29.8 Å². The molecule has 1 fully saturated rings. The van der Waals surface area contributed by atoms with Crippen molar-refractivity contribution in [3.63, 3.8) is 0 Å². The third-order valence-electron chi connectivity index (χ3n) is 5.15. The van der Waals surface area contributed by atoms with E-state index in [-0.39, 0.29) is 11.8 Å². The van der Waals surface area contributed by atoms with Crippen LogP contribution in [0.25, 0.3) is 0 Å². The Morgan fingerprint density at radius 3 is 2.64 bits per heavy atom. The number of hydrogen-bond donors (Lipinski definition) is 0. The van der Waals surface area contributed by atoms with Crippen LogP contribution in [0, 0.1) is 5.92 Å². The summed E-state index contributed by atoms with van der Waals surface area (Å²) in [4.78, 5) is 42.6. The number of carbonyl (C=O) groups is 3. The minimum atomic E-state index is -0.474. The van der Waals surface area contributed by atoms with E-state index < -0.39 is 11.7 Å². The van der Waals surface area contributed by atoms with Gasteiger partial charge in [-0.25, -0.2) is 0 Å². The van der Waals surface area contributed by atoms with Gasteiger partial charge in [0, 0.05) is 19.6 Å². The van der Waals surface area contributed by atoms with Crippen LogP contribution in [0.4, 0.5) is 5.69 Å². The molecule has 0 unspecified atom stereocenters. The zero-order valence-electron chi connectivity index (χ0n) is 14.9. The van der Waals surface area contributed by atoms with Crippen LogP contribution < -0.4 is 4.90 Å². The van der Waals surface area contributed by atoms with Crippen LogP contribution in [0.1, 0.15) is 37.0 Å². The molecule has 25 heavy (non-hydrogen) atoms. The van der Waals surface area contributed by atoms with Crippen LogP contribution in [0.5, 0.6) is 0 Å². The van der Waals surface area contributed by atoms with Gasteiger partial charge in [-0.3, -0.25) is 24.2 Å². The van der Waals surface area contributed by atoms with E-state index in [9.17, 15) is 14.4 Å². The smallest absolute Gasteiger partial charge is 0.300 e. The number of hydrogen-bond acceptors (Lipinski definition) is 4. The predicted molar refractivity (Wildman–Crippen MR) is 95.4 cm³/mol. The van der Waals surface area contributed by atoms with Crippen molar-refractivity contribution in [1.29, 1.82) is 0 Å². The highest BCUT2D eigenvalue weighted by Gasteiger charge is 2.37. The quantitative estimate of drug-likeness (QED) is 0.764. The molecule has 0 N–H and O–H groups in total. The molecule has 0 saturated carbocycles. The number of ketones is 1. The Bertz CT molecular complexity index is 684. The van der Waals surface area contributed by atoms with E-state index in [0.717, 1.165) is 32.5 Å². The fourth-order valence-electron chi connectivity index (χ4n) is 3.77. The topological polar surface area (TPSA) is 60.9 Å². The van der Waals surface area contributed by atoms with Gasteiger partial charge >= 0.3 is 5.91 Å². The van der Waals surface area contributed by atoms with Gasteiger partial charge in [-0.05, 0) is 45.4 Å². The monoisotopic (exact) mass is 343 g/mol. The summed E-state index contributed by atoms with van der Waals surface area (Å²) in [7, 11) is 0. The van der Waals surface area contributed by atoms with Gasteiger partial charge in [-0.15, -0.1) is 0 Å². The number of anilines is 1. The number of para-hydroxylation sites is 1. The van der Waals surface area contributed by atoms with Crippen LogP contribution in [0.15, 0.2) is 24.3 Å². The fraction of sp³-hybridized carbons (Fsp3) is 0.526. The van der Waals surface area contributed by atoms with Crippen molar-refractivity contribution in [1.82, 2.24) is 9.80 Å². The highest BCUT2D eigenvalue weighted by molar-refractivity contribution is 6.52. The molecular formula is C19H25N3O3. The molecule has 2 aliphatic heterocycles. The van der Waals surface area contributed by atoms with Gasteiger partial charge in [-0.1, -0.05) is 12.1 Å². The summed E-state index contributed by atoms with van der Waals surface area (Å²) >= 11 is 0. The van der Waals surface area contributed by atoms with Crippen molar-refractivity contribution < 1.29 is 14.4 Å². The second-order valence-electron chi connectivity index (χ2n) is 6.65. The van der Waals surface area contributed by atoms with Crippen molar-refractivity contribution in [2.24, 2.45) is 5.92 Å². The minimum absolute atomic E-state index is 0.0303. The predicted octanol–water partition coefficient (Wildman–Crippen LogP) is 1.75. The molecule has 3 rings (SSSR count). The lowest BCUT2D eigenvalue weighted by molar-refractivity contribution is -0.136. The first-order valence-electron chi connectivity index (χ1n) is 9.03. The number of likely N-dealkylation sites (tertiary alicyclic amines) is 1. The molecule has 1 aromatic rings. The summed E-state index contributed by atoms with van der Waals surface area (Å²) in [6.45, 7) is 7.26. The number of carbonyl (C=O) groups excluding carboxylic acids is 3. The number of amides is 2. The normalized spacial score (nSPS) is 20.7. The molecule has 0 aromatic heterocycles. The molecule has 0 aliphatic carbocycles. The van der Waals surface area contributed by atoms with E-state index >= 15 is 0 Å². The zero-order valence-corrected chi connectivity index (χ0v) is 14.9. The van der Waals surface area contributed by atoms with Crippen molar-refractivity contribution >= 4 is 23.3 Å². The number of piperidine rings is 1. The molecule has 0 bridgehead atoms. The minimum Gasteiger partial charge on any atom is -0.343 e. The lowest BCUT2D eigenvalue weighted by atomic mass is 9.96. The lowest BCUT2D eigenvalue weighted by Gasteiger charge is -2.36.